The summed E-state index contributed by atoms with van der Waals surface area (Å²) < 4.78 is 5.60. The van der Waals surface area contributed by atoms with E-state index in [1.807, 2.05) is 12.1 Å². The number of carbonyl (C=O) groups is 1. The number of nitrogens with zero attached hydrogens (tertiary/aromatic N) is 1. The summed E-state index contributed by atoms with van der Waals surface area (Å²) in [6, 6.07) is 9.16. The number of allylic oxidation sites excluding steroid dienone is 1. The molecule has 0 spiro atoms. The molecular weight excluding hydrogens is 270 g/mol. The zero-order valence-electron chi connectivity index (χ0n) is 8.74. The summed E-state index contributed by atoms with van der Waals surface area (Å²) in [5.41, 5.74) is 0.977. The molecule has 1 aromatic rings. The molecule has 0 unspecified atom stereocenters. The highest BCUT2D eigenvalue weighted by Crippen LogP contribution is 2.18. The van der Waals surface area contributed by atoms with Crippen molar-refractivity contribution < 1.29 is 9.53 Å². The number of hydrogen-bond donors (Lipinski definition) is 0. The van der Waals surface area contributed by atoms with Gasteiger partial charge in [0.15, 0.2) is 0 Å². The van der Waals surface area contributed by atoms with Crippen LogP contribution in [0.2, 0.25) is 0 Å². The number of halogens is 1. The van der Waals surface area contributed by atoms with Crippen molar-refractivity contribution in [1.29, 1.82) is 5.26 Å². The number of carbonyl (C=O) groups excluding carboxylic acids is 1. The molecule has 0 bridgehead atoms. The van der Waals surface area contributed by atoms with Crippen LogP contribution in [0.3, 0.4) is 0 Å². The van der Waals surface area contributed by atoms with E-state index in [0.29, 0.717) is 17.7 Å². The van der Waals surface area contributed by atoms with Gasteiger partial charge in [0.1, 0.15) is 6.07 Å². The van der Waals surface area contributed by atoms with E-state index in [1.165, 1.54) is 6.08 Å². The Kier molecular flexibility index (Phi) is 4.74. The van der Waals surface area contributed by atoms with Crippen molar-refractivity contribution in [2.45, 2.75) is 6.92 Å². The molecule has 16 heavy (non-hydrogen) atoms. The number of nitriles is 1. The van der Waals surface area contributed by atoms with Crippen LogP contribution in [0, 0.1) is 11.3 Å². The van der Waals surface area contributed by atoms with Gasteiger partial charge >= 0.3 is 5.97 Å². The van der Waals surface area contributed by atoms with Crippen LogP contribution in [0.1, 0.15) is 12.5 Å². The maximum atomic E-state index is 11.2. The second-order valence-electron chi connectivity index (χ2n) is 2.93. The molecule has 0 heterocycles. The summed E-state index contributed by atoms with van der Waals surface area (Å²) in [6.45, 7) is 2.02. The van der Waals surface area contributed by atoms with Crippen LogP contribution < -0.4 is 0 Å². The van der Waals surface area contributed by atoms with E-state index < -0.39 is 5.97 Å². The van der Waals surface area contributed by atoms with Crippen LogP contribution in [-0.4, -0.2) is 12.6 Å². The summed E-state index contributed by atoms with van der Waals surface area (Å²) in [7, 11) is 0. The van der Waals surface area contributed by atoms with E-state index in [4.69, 9.17) is 10.00 Å². The fourth-order valence-corrected chi connectivity index (χ4v) is 1.54. The standard InChI is InChI=1S/C12H10BrNO2/c1-2-16-12(15)7-10(8-14)9-4-3-5-11(13)6-9/h3-7H,2H2,1H3. The lowest BCUT2D eigenvalue weighted by atomic mass is 10.1. The van der Waals surface area contributed by atoms with Gasteiger partial charge in [-0.15, -0.1) is 0 Å². The molecule has 0 aliphatic rings. The third kappa shape index (κ3) is 3.52. The average Bonchev–Trinajstić information content (AvgIpc) is 2.26. The normalized spacial score (nSPS) is 10.7. The van der Waals surface area contributed by atoms with Crippen molar-refractivity contribution in [3.05, 3.63) is 40.4 Å². The molecule has 0 fully saturated rings. The Morgan fingerprint density at radius 3 is 2.94 bits per heavy atom. The van der Waals surface area contributed by atoms with Gasteiger partial charge in [-0.1, -0.05) is 28.1 Å². The molecular formula is C12H10BrNO2. The van der Waals surface area contributed by atoms with E-state index >= 15 is 0 Å². The largest absolute Gasteiger partial charge is 0.463 e. The first-order valence-electron chi connectivity index (χ1n) is 4.72. The minimum absolute atomic E-state index is 0.291. The van der Waals surface area contributed by atoms with Crippen molar-refractivity contribution in [2.75, 3.05) is 6.61 Å². The molecule has 1 aromatic carbocycles. The minimum atomic E-state index is -0.501. The van der Waals surface area contributed by atoms with E-state index in [2.05, 4.69) is 15.9 Å². The Morgan fingerprint density at radius 2 is 2.38 bits per heavy atom. The highest BCUT2D eigenvalue weighted by Gasteiger charge is 2.05. The Labute approximate surface area is 102 Å². The number of esters is 1. The highest BCUT2D eigenvalue weighted by atomic mass is 79.9. The van der Waals surface area contributed by atoms with Crippen LogP contribution in [0.4, 0.5) is 0 Å². The van der Waals surface area contributed by atoms with Gasteiger partial charge in [-0.05, 0) is 24.6 Å². The molecule has 0 N–H and O–H groups in total. The molecule has 0 aromatic heterocycles. The van der Waals surface area contributed by atoms with Crippen LogP contribution >= 0.6 is 15.9 Å². The molecule has 0 aliphatic carbocycles. The third-order valence-corrected chi connectivity index (χ3v) is 2.30. The molecule has 3 nitrogen and oxygen atoms in total. The fraction of sp³-hybridized carbons (Fsp3) is 0.167. The molecule has 0 amide bonds. The van der Waals surface area contributed by atoms with E-state index in [9.17, 15) is 4.79 Å². The van der Waals surface area contributed by atoms with E-state index in [-0.39, 0.29) is 0 Å². The summed E-state index contributed by atoms with van der Waals surface area (Å²) in [6.07, 6.45) is 1.20. The molecule has 0 saturated carbocycles. The maximum Gasteiger partial charge on any atom is 0.332 e. The SMILES string of the molecule is CCOC(=O)C=C(C#N)c1cccc(Br)c1. The van der Waals surface area contributed by atoms with Crippen molar-refractivity contribution in [1.82, 2.24) is 0 Å². The third-order valence-electron chi connectivity index (χ3n) is 1.80. The van der Waals surface area contributed by atoms with E-state index in [1.54, 1.807) is 25.1 Å². The van der Waals surface area contributed by atoms with Crippen molar-refractivity contribution in [2.24, 2.45) is 0 Å². The molecule has 0 saturated heterocycles. The summed E-state index contributed by atoms with van der Waals surface area (Å²) in [4.78, 5) is 11.2. The lowest BCUT2D eigenvalue weighted by Crippen LogP contribution is -2.00. The van der Waals surface area contributed by atoms with Gasteiger partial charge < -0.3 is 4.74 Å². The summed E-state index contributed by atoms with van der Waals surface area (Å²) in [5, 5.41) is 8.95. The van der Waals surface area contributed by atoms with Gasteiger partial charge in [0, 0.05) is 10.5 Å². The summed E-state index contributed by atoms with van der Waals surface area (Å²) >= 11 is 3.30. The number of ether oxygens (including phenoxy) is 1. The molecule has 0 radical (unpaired) electrons. The first-order chi connectivity index (χ1) is 7.67. The quantitative estimate of drug-likeness (QED) is 0.486. The molecule has 82 valence electrons. The second-order valence-corrected chi connectivity index (χ2v) is 3.85. The smallest absolute Gasteiger partial charge is 0.332 e. The van der Waals surface area contributed by atoms with Gasteiger partial charge in [0.25, 0.3) is 0 Å². The fourth-order valence-electron chi connectivity index (χ4n) is 1.14. The van der Waals surface area contributed by atoms with Crippen molar-refractivity contribution in [3.8, 4) is 6.07 Å². The predicted octanol–water partition coefficient (Wildman–Crippen LogP) is 2.92. The first-order valence-corrected chi connectivity index (χ1v) is 5.51. The molecule has 1 rings (SSSR count). The molecule has 0 atom stereocenters. The lowest BCUT2D eigenvalue weighted by Gasteiger charge is -2.00. The van der Waals surface area contributed by atoms with Gasteiger partial charge in [-0.25, -0.2) is 4.79 Å². The van der Waals surface area contributed by atoms with Gasteiger partial charge in [-0.2, -0.15) is 5.26 Å². The van der Waals surface area contributed by atoms with E-state index in [0.717, 1.165) is 4.47 Å². The Balaban J connectivity index is 3.00. The average molecular weight is 280 g/mol. The predicted molar refractivity (Wildman–Crippen MR) is 64.4 cm³/mol. The minimum Gasteiger partial charge on any atom is -0.463 e. The molecule has 0 aliphatic heterocycles. The zero-order chi connectivity index (χ0) is 12.0. The Hall–Kier alpha value is -1.60. The topological polar surface area (TPSA) is 50.1 Å². The first kappa shape index (κ1) is 12.5. The zero-order valence-corrected chi connectivity index (χ0v) is 10.3. The van der Waals surface area contributed by atoms with Crippen LogP contribution in [-0.2, 0) is 9.53 Å². The Bertz CT molecular complexity index is 460. The monoisotopic (exact) mass is 279 g/mol. The van der Waals surface area contributed by atoms with Gasteiger partial charge in [-0.3, -0.25) is 0 Å². The highest BCUT2D eigenvalue weighted by molar-refractivity contribution is 9.10. The molecule has 4 heteroatoms. The van der Waals surface area contributed by atoms with Crippen LogP contribution in [0.15, 0.2) is 34.8 Å². The lowest BCUT2D eigenvalue weighted by molar-refractivity contribution is -0.137. The van der Waals surface area contributed by atoms with Gasteiger partial charge in [0.05, 0.1) is 12.2 Å². The van der Waals surface area contributed by atoms with Gasteiger partial charge in [0.2, 0.25) is 0 Å². The number of hydrogen-bond acceptors (Lipinski definition) is 3. The Morgan fingerprint density at radius 1 is 1.62 bits per heavy atom. The van der Waals surface area contributed by atoms with Crippen LogP contribution in [0.5, 0.6) is 0 Å². The van der Waals surface area contributed by atoms with Crippen molar-refractivity contribution >= 4 is 27.5 Å². The number of benzene rings is 1. The summed E-state index contributed by atoms with van der Waals surface area (Å²) in [5.74, 6) is -0.501. The van der Waals surface area contributed by atoms with Crippen LogP contribution in [0.25, 0.3) is 5.57 Å². The number of rotatable bonds is 3. The maximum absolute atomic E-state index is 11.2. The second kappa shape index (κ2) is 6.09. The van der Waals surface area contributed by atoms with Crippen molar-refractivity contribution in [3.63, 3.8) is 0 Å².